The molecular formula is C14H20N4O3. The highest BCUT2D eigenvalue weighted by Crippen LogP contribution is 2.14. The van der Waals surface area contributed by atoms with E-state index >= 15 is 0 Å². The number of piperidine rings is 1. The van der Waals surface area contributed by atoms with Crippen LogP contribution in [-0.4, -0.2) is 53.7 Å². The van der Waals surface area contributed by atoms with Gasteiger partial charge < -0.3 is 20.6 Å². The van der Waals surface area contributed by atoms with E-state index in [9.17, 15) is 9.59 Å². The molecule has 0 aromatic carbocycles. The number of aromatic carboxylic acids is 1. The second-order valence-corrected chi connectivity index (χ2v) is 5.37. The molecule has 0 aliphatic carbocycles. The number of nitrogens with zero attached hydrogens (tertiary/aromatic N) is 2. The van der Waals surface area contributed by atoms with Crippen LogP contribution >= 0.6 is 0 Å². The van der Waals surface area contributed by atoms with Gasteiger partial charge in [-0.15, -0.1) is 0 Å². The molecule has 1 atom stereocenters. The molecule has 0 bridgehead atoms. The Kier molecular flexibility index (Phi) is 5.10. The fraction of sp³-hybridized carbons (Fsp3) is 0.500. The Morgan fingerprint density at radius 3 is 3.00 bits per heavy atom. The molecule has 7 heteroatoms. The van der Waals surface area contributed by atoms with E-state index in [-0.39, 0.29) is 11.6 Å². The van der Waals surface area contributed by atoms with Crippen molar-refractivity contribution >= 4 is 17.7 Å². The lowest BCUT2D eigenvalue weighted by atomic mass is 9.99. The molecule has 0 spiro atoms. The van der Waals surface area contributed by atoms with Gasteiger partial charge in [0.15, 0.2) is 0 Å². The van der Waals surface area contributed by atoms with Crippen LogP contribution in [0.3, 0.4) is 0 Å². The Labute approximate surface area is 123 Å². The summed E-state index contributed by atoms with van der Waals surface area (Å²) in [6, 6.07) is 1.04. The van der Waals surface area contributed by atoms with Gasteiger partial charge in [0.1, 0.15) is 0 Å². The number of hydrogen-bond donors (Lipinski definition) is 3. The summed E-state index contributed by atoms with van der Waals surface area (Å²) < 4.78 is 0. The van der Waals surface area contributed by atoms with Gasteiger partial charge >= 0.3 is 12.0 Å². The quantitative estimate of drug-likeness (QED) is 0.776. The smallest absolute Gasteiger partial charge is 0.337 e. The van der Waals surface area contributed by atoms with Crippen molar-refractivity contribution in [2.75, 3.05) is 32.0 Å². The van der Waals surface area contributed by atoms with E-state index in [4.69, 9.17) is 5.11 Å². The molecule has 2 heterocycles. The first-order valence-corrected chi connectivity index (χ1v) is 6.96. The minimum atomic E-state index is -1.07. The van der Waals surface area contributed by atoms with Crippen LogP contribution in [0.5, 0.6) is 0 Å². The highest BCUT2D eigenvalue weighted by molar-refractivity contribution is 5.92. The highest BCUT2D eigenvalue weighted by Gasteiger charge is 2.17. The van der Waals surface area contributed by atoms with Crippen LogP contribution in [0.25, 0.3) is 0 Å². The standard InChI is InChI=1S/C14H20N4O3/c1-18-4-2-3-10(9-18)6-16-14(21)17-12-5-11(13(19)20)7-15-8-12/h5,7-8,10H,2-4,6,9H2,1H3,(H,19,20)(H2,16,17,21). The summed E-state index contributed by atoms with van der Waals surface area (Å²) in [5.74, 6) is -0.616. The molecule has 21 heavy (non-hydrogen) atoms. The first-order chi connectivity index (χ1) is 10.0. The van der Waals surface area contributed by atoms with Gasteiger partial charge in [0, 0.05) is 19.3 Å². The summed E-state index contributed by atoms with van der Waals surface area (Å²) in [5, 5.41) is 14.3. The second kappa shape index (κ2) is 7.03. The minimum absolute atomic E-state index is 0.0432. The Morgan fingerprint density at radius 1 is 1.48 bits per heavy atom. The van der Waals surface area contributed by atoms with E-state index in [1.807, 2.05) is 0 Å². The van der Waals surface area contributed by atoms with Gasteiger partial charge in [0.05, 0.1) is 17.4 Å². The van der Waals surface area contributed by atoms with Gasteiger partial charge in [-0.25, -0.2) is 9.59 Å². The lowest BCUT2D eigenvalue weighted by Crippen LogP contribution is -2.40. The second-order valence-electron chi connectivity index (χ2n) is 5.37. The molecule has 1 fully saturated rings. The third kappa shape index (κ3) is 4.71. The van der Waals surface area contributed by atoms with E-state index in [1.165, 1.54) is 18.5 Å². The van der Waals surface area contributed by atoms with Crippen molar-refractivity contribution in [1.29, 1.82) is 0 Å². The van der Waals surface area contributed by atoms with Crippen molar-refractivity contribution in [3.63, 3.8) is 0 Å². The Morgan fingerprint density at radius 2 is 2.29 bits per heavy atom. The molecule has 0 radical (unpaired) electrons. The van der Waals surface area contributed by atoms with Crippen LogP contribution in [0.15, 0.2) is 18.5 Å². The molecule has 114 valence electrons. The Hall–Kier alpha value is -2.15. The number of carboxylic acid groups (broad SMARTS) is 1. The van der Waals surface area contributed by atoms with Crippen LogP contribution in [0.4, 0.5) is 10.5 Å². The van der Waals surface area contributed by atoms with Crippen molar-refractivity contribution in [2.45, 2.75) is 12.8 Å². The number of aromatic nitrogens is 1. The summed E-state index contributed by atoms with van der Waals surface area (Å²) in [7, 11) is 2.08. The average molecular weight is 292 g/mol. The fourth-order valence-electron chi connectivity index (χ4n) is 2.48. The van der Waals surface area contributed by atoms with Crippen molar-refractivity contribution in [2.24, 2.45) is 5.92 Å². The maximum absolute atomic E-state index is 11.8. The Balaban J connectivity index is 1.81. The zero-order valence-corrected chi connectivity index (χ0v) is 12.0. The SMILES string of the molecule is CN1CCCC(CNC(=O)Nc2cncc(C(=O)O)c2)C1. The number of carbonyl (C=O) groups excluding carboxylic acids is 1. The van der Waals surface area contributed by atoms with Crippen LogP contribution in [0.2, 0.25) is 0 Å². The molecule has 2 rings (SSSR count). The molecule has 1 aromatic rings. The summed E-state index contributed by atoms with van der Waals surface area (Å²) in [5.41, 5.74) is 0.412. The third-order valence-electron chi connectivity index (χ3n) is 3.52. The molecule has 1 saturated heterocycles. The van der Waals surface area contributed by atoms with E-state index in [2.05, 4.69) is 27.6 Å². The van der Waals surface area contributed by atoms with Gasteiger partial charge in [0.2, 0.25) is 0 Å². The van der Waals surface area contributed by atoms with Crippen molar-refractivity contribution < 1.29 is 14.7 Å². The number of nitrogens with one attached hydrogen (secondary N) is 2. The molecule has 7 nitrogen and oxygen atoms in total. The first-order valence-electron chi connectivity index (χ1n) is 6.96. The average Bonchev–Trinajstić information content (AvgIpc) is 2.45. The minimum Gasteiger partial charge on any atom is -0.478 e. The maximum atomic E-state index is 11.8. The zero-order chi connectivity index (χ0) is 15.2. The number of carboxylic acids is 1. The predicted octanol–water partition coefficient (Wildman–Crippen LogP) is 1.24. The zero-order valence-electron chi connectivity index (χ0n) is 12.0. The van der Waals surface area contributed by atoms with E-state index in [0.29, 0.717) is 18.2 Å². The first kappa shape index (κ1) is 15.2. The number of hydrogen-bond acceptors (Lipinski definition) is 4. The predicted molar refractivity (Wildman–Crippen MR) is 78.4 cm³/mol. The van der Waals surface area contributed by atoms with Crippen molar-refractivity contribution in [3.8, 4) is 0 Å². The largest absolute Gasteiger partial charge is 0.478 e. The fourth-order valence-corrected chi connectivity index (χ4v) is 2.48. The van der Waals surface area contributed by atoms with Crippen molar-refractivity contribution in [3.05, 3.63) is 24.0 Å². The maximum Gasteiger partial charge on any atom is 0.337 e. The number of amides is 2. The van der Waals surface area contributed by atoms with E-state index < -0.39 is 5.97 Å². The van der Waals surface area contributed by atoms with Gasteiger partial charge in [-0.1, -0.05) is 0 Å². The number of urea groups is 1. The van der Waals surface area contributed by atoms with Gasteiger partial charge in [-0.05, 0) is 38.4 Å². The number of anilines is 1. The molecule has 1 aliphatic heterocycles. The molecule has 3 N–H and O–H groups in total. The third-order valence-corrected chi connectivity index (χ3v) is 3.52. The summed E-state index contributed by atoms with van der Waals surface area (Å²) in [6.07, 6.45) is 4.92. The normalized spacial score (nSPS) is 19.0. The monoisotopic (exact) mass is 292 g/mol. The lowest BCUT2D eigenvalue weighted by Gasteiger charge is -2.29. The lowest BCUT2D eigenvalue weighted by molar-refractivity contribution is 0.0696. The van der Waals surface area contributed by atoms with Crippen LogP contribution < -0.4 is 10.6 Å². The van der Waals surface area contributed by atoms with Gasteiger partial charge in [-0.2, -0.15) is 0 Å². The molecule has 1 unspecified atom stereocenters. The van der Waals surface area contributed by atoms with Crippen LogP contribution in [-0.2, 0) is 0 Å². The molecular weight excluding hydrogens is 272 g/mol. The molecule has 0 saturated carbocycles. The topological polar surface area (TPSA) is 94.6 Å². The number of carbonyl (C=O) groups is 2. The molecule has 2 amide bonds. The summed E-state index contributed by atoms with van der Waals surface area (Å²) in [6.45, 7) is 2.70. The van der Waals surface area contributed by atoms with E-state index in [0.717, 1.165) is 25.9 Å². The van der Waals surface area contributed by atoms with Crippen LogP contribution in [0.1, 0.15) is 23.2 Å². The Bertz CT molecular complexity index is 521. The van der Waals surface area contributed by atoms with Gasteiger partial charge in [-0.3, -0.25) is 4.98 Å². The van der Waals surface area contributed by atoms with Crippen LogP contribution in [0, 0.1) is 5.92 Å². The van der Waals surface area contributed by atoms with E-state index in [1.54, 1.807) is 0 Å². The number of rotatable bonds is 4. The molecule has 1 aromatic heterocycles. The summed E-state index contributed by atoms with van der Waals surface area (Å²) in [4.78, 5) is 28.7. The van der Waals surface area contributed by atoms with Gasteiger partial charge in [0.25, 0.3) is 0 Å². The number of pyridine rings is 1. The van der Waals surface area contributed by atoms with Crippen molar-refractivity contribution in [1.82, 2.24) is 15.2 Å². The molecule has 1 aliphatic rings. The number of likely N-dealkylation sites (tertiary alicyclic amines) is 1. The summed E-state index contributed by atoms with van der Waals surface area (Å²) >= 11 is 0. The highest BCUT2D eigenvalue weighted by atomic mass is 16.4.